The molecule has 1 fully saturated rings. The third-order valence-electron chi connectivity index (χ3n) is 12.3. The van der Waals surface area contributed by atoms with E-state index in [1.54, 1.807) is 7.11 Å². The van der Waals surface area contributed by atoms with Gasteiger partial charge in [0.1, 0.15) is 42.6 Å². The minimum atomic E-state index is -1.79. The number of primary amides is 1. The molecule has 0 aromatic heterocycles. The van der Waals surface area contributed by atoms with E-state index in [-0.39, 0.29) is 32.6 Å². The molecule has 1 aliphatic heterocycles. The number of carbonyl (C=O) groups excluding carboxylic acids is 4. The molecule has 0 saturated carbocycles. The van der Waals surface area contributed by atoms with Crippen LogP contribution in [0.1, 0.15) is 26.7 Å². The van der Waals surface area contributed by atoms with E-state index in [1.165, 1.54) is 13.8 Å². The second kappa shape index (κ2) is 65.1. The molecule has 0 aromatic rings. The highest BCUT2D eigenvalue weighted by Crippen LogP contribution is 2.23. The lowest BCUT2D eigenvalue weighted by atomic mass is 9.99. The zero-order chi connectivity index (χ0) is 67.0. The lowest BCUT2D eigenvalue weighted by Crippen LogP contribution is -2.61. The molecule has 1 heterocycles. The Morgan fingerprint density at radius 3 is 0.967 bits per heavy atom. The van der Waals surface area contributed by atoms with Crippen molar-refractivity contribution in [3.63, 3.8) is 0 Å². The molecule has 4 amide bonds. The first-order valence-electron chi connectivity index (χ1n) is 31.5. The van der Waals surface area contributed by atoms with E-state index in [0.29, 0.717) is 244 Å². The van der Waals surface area contributed by atoms with Gasteiger partial charge in [-0.2, -0.15) is 0 Å². The topological polar surface area (TPSA) is 414 Å². The van der Waals surface area contributed by atoms with Crippen LogP contribution in [0.15, 0.2) is 0 Å². The van der Waals surface area contributed by atoms with Crippen molar-refractivity contribution in [2.24, 2.45) is 5.73 Å². The second-order valence-electron chi connectivity index (χ2n) is 19.7. The third kappa shape index (κ3) is 53.0. The van der Waals surface area contributed by atoms with Crippen LogP contribution in [0.25, 0.3) is 0 Å². The fourth-order valence-corrected chi connectivity index (χ4v) is 7.33. The molecule has 2 unspecified atom stereocenters. The highest BCUT2D eigenvalue weighted by atomic mass is 16.7. The molecular formula is C58H112N4O30. The van der Waals surface area contributed by atoms with Crippen molar-refractivity contribution < 1.29 is 144 Å². The molecule has 0 bridgehead atoms. The Labute approximate surface area is 541 Å². The quantitative estimate of drug-likeness (QED) is 0.0266. The maximum atomic E-state index is 12.8. The summed E-state index contributed by atoms with van der Waals surface area (Å²) in [6.45, 7) is 19.7. The predicted molar refractivity (Wildman–Crippen MR) is 323 cm³/mol. The summed E-state index contributed by atoms with van der Waals surface area (Å²) in [4.78, 5) is 49.9. The Morgan fingerprint density at radius 2 is 0.696 bits per heavy atom. The number of carbonyl (C=O) groups is 4. The summed E-state index contributed by atoms with van der Waals surface area (Å²) in [7, 11) is 1.64. The number of hydrogen-bond acceptors (Lipinski definition) is 30. The number of aliphatic hydroxyl groups excluding tert-OH is 4. The molecule has 92 heavy (non-hydrogen) atoms. The van der Waals surface area contributed by atoms with Gasteiger partial charge in [0.25, 0.3) is 0 Å². The van der Waals surface area contributed by atoms with E-state index in [9.17, 15) is 39.6 Å². The molecule has 0 spiro atoms. The van der Waals surface area contributed by atoms with Crippen molar-refractivity contribution in [3.8, 4) is 0 Å². The molecule has 1 aliphatic rings. The van der Waals surface area contributed by atoms with Gasteiger partial charge in [-0.05, 0) is 20.3 Å². The van der Waals surface area contributed by atoms with Crippen LogP contribution in [0.5, 0.6) is 0 Å². The summed E-state index contributed by atoms with van der Waals surface area (Å²) in [6.07, 6.45) is -9.48. The first-order chi connectivity index (χ1) is 44.9. The minimum Gasteiger partial charge on any atom is -0.394 e. The normalized spacial score (nSPS) is 17.6. The molecule has 0 aromatic carbocycles. The van der Waals surface area contributed by atoms with Gasteiger partial charge in [0.05, 0.1) is 264 Å². The number of amides is 4. The largest absolute Gasteiger partial charge is 0.394 e. The Kier molecular flexibility index (Phi) is 61.5. The fourth-order valence-electron chi connectivity index (χ4n) is 7.33. The highest BCUT2D eigenvalue weighted by molar-refractivity contribution is 5.92. The molecular weight excluding hydrogens is 1230 g/mol. The van der Waals surface area contributed by atoms with E-state index in [0.717, 1.165) is 0 Å². The summed E-state index contributed by atoms with van der Waals surface area (Å²) in [5, 5.41) is 47.1. The summed E-state index contributed by atoms with van der Waals surface area (Å²) in [5.74, 6) is -2.93. The molecule has 0 radical (unpaired) electrons. The van der Waals surface area contributed by atoms with E-state index in [4.69, 9.17) is 110 Å². The smallest absolute Gasteiger partial charge is 0.249 e. The first-order valence-corrected chi connectivity index (χ1v) is 31.5. The zero-order valence-electron chi connectivity index (χ0n) is 54.5. The maximum absolute atomic E-state index is 12.8. The number of ether oxygens (including phenoxy) is 22. The predicted octanol–water partition coefficient (Wildman–Crippen LogP) is -4.48. The van der Waals surface area contributed by atoms with E-state index >= 15 is 0 Å². The molecule has 8 atom stereocenters. The summed E-state index contributed by atoms with van der Waals surface area (Å²) in [6, 6.07) is -2.43. The minimum absolute atomic E-state index is 0.121. The zero-order valence-corrected chi connectivity index (χ0v) is 54.5. The Balaban J connectivity index is 1.75. The van der Waals surface area contributed by atoms with Crippen LogP contribution in [-0.2, 0) is 123 Å². The third-order valence-corrected chi connectivity index (χ3v) is 12.3. The average molecular weight is 1350 g/mol. The number of nitrogens with two attached hydrogens (primary N) is 1. The van der Waals surface area contributed by atoms with Gasteiger partial charge in [-0.1, -0.05) is 0 Å². The summed E-state index contributed by atoms with van der Waals surface area (Å²) >= 11 is 0. The Hall–Kier alpha value is -3.16. The first kappa shape index (κ1) is 86.9. The van der Waals surface area contributed by atoms with Gasteiger partial charge in [-0.3, -0.25) is 19.2 Å². The molecule has 9 N–H and O–H groups in total. The summed E-state index contributed by atoms with van der Waals surface area (Å²) < 4.78 is 119. The SMILES string of the molecule is COCCOCCOCCOCCOCCOCCOCCOCCOCCOCCOCCOCCOCCOCCOCCOCCOCCOCCOCCOCCNC(=O)CC[C@@H](NC(=O)[C@H](C)NC(=O)C(C)O[C@H]1[C@H](O)[C@@H](CO)OC(O)[C@@H]1O)C(N)=O. The van der Waals surface area contributed by atoms with Crippen LogP contribution in [0, 0.1) is 0 Å². The number of rotatable bonds is 71. The van der Waals surface area contributed by atoms with Crippen molar-refractivity contribution >= 4 is 23.6 Å². The number of nitrogens with one attached hydrogen (secondary N) is 3. The van der Waals surface area contributed by atoms with Gasteiger partial charge in [-0.25, -0.2) is 0 Å². The van der Waals surface area contributed by atoms with Crippen molar-refractivity contribution in [2.75, 3.05) is 278 Å². The van der Waals surface area contributed by atoms with Gasteiger partial charge < -0.3 is 146 Å². The van der Waals surface area contributed by atoms with Gasteiger partial charge in [0.2, 0.25) is 23.6 Å². The molecule has 544 valence electrons. The highest BCUT2D eigenvalue weighted by Gasteiger charge is 2.45. The van der Waals surface area contributed by atoms with Gasteiger partial charge >= 0.3 is 0 Å². The monoisotopic (exact) mass is 1340 g/mol. The number of methoxy groups -OCH3 is 1. The fraction of sp³-hybridized carbons (Fsp3) is 0.931. The molecule has 1 saturated heterocycles. The van der Waals surface area contributed by atoms with E-state index in [1.807, 2.05) is 0 Å². The summed E-state index contributed by atoms with van der Waals surface area (Å²) in [5.41, 5.74) is 5.43. The van der Waals surface area contributed by atoms with Crippen molar-refractivity contribution in [1.82, 2.24) is 16.0 Å². The van der Waals surface area contributed by atoms with Gasteiger partial charge in [-0.15, -0.1) is 0 Å². The van der Waals surface area contributed by atoms with Gasteiger partial charge in [0, 0.05) is 20.1 Å². The van der Waals surface area contributed by atoms with Crippen LogP contribution in [-0.4, -0.2) is 371 Å². The maximum Gasteiger partial charge on any atom is 0.249 e. The Morgan fingerprint density at radius 1 is 0.413 bits per heavy atom. The van der Waals surface area contributed by atoms with Crippen molar-refractivity contribution in [2.45, 2.75) is 75.6 Å². The van der Waals surface area contributed by atoms with Gasteiger partial charge in [0.15, 0.2) is 6.29 Å². The molecule has 34 heteroatoms. The molecule has 1 rings (SSSR count). The van der Waals surface area contributed by atoms with Crippen LogP contribution in [0.3, 0.4) is 0 Å². The average Bonchev–Trinajstić information content (AvgIpc) is 0.871. The lowest BCUT2D eigenvalue weighted by Gasteiger charge is -2.40. The number of hydrogen-bond donors (Lipinski definition) is 8. The van der Waals surface area contributed by atoms with Crippen molar-refractivity contribution in [1.29, 1.82) is 0 Å². The number of aliphatic hydroxyl groups is 4. The molecule has 0 aliphatic carbocycles. The standard InChI is InChI=1S/C58H112N4O30/c1-47(61-57(69)48(2)91-54-52(65)50(46-63)92-58(70)53(54)66)56(68)62-49(55(59)67)4-5-51(64)60-6-7-72-10-11-74-14-15-76-18-19-78-22-23-80-26-27-82-30-31-84-34-35-86-38-39-88-42-43-90-45-44-89-41-40-87-37-36-85-33-32-83-29-28-81-25-24-79-21-20-77-17-16-75-13-12-73-9-8-71-3/h47-50,52-54,58,63,65-66,70H,4-46H2,1-3H3,(H2,59,67)(H,60,64)(H,61,69)(H,62,68)/t47-,48?,49+,50+,52+,53+,54-,58?/m0/s1. The van der Waals surface area contributed by atoms with Crippen LogP contribution < -0.4 is 21.7 Å². The lowest BCUT2D eigenvalue weighted by molar-refractivity contribution is -0.298. The second-order valence-corrected chi connectivity index (χ2v) is 19.7. The van der Waals surface area contributed by atoms with E-state index < -0.39 is 79.1 Å². The van der Waals surface area contributed by atoms with Crippen LogP contribution in [0.4, 0.5) is 0 Å². The Bertz CT molecular complexity index is 1680. The van der Waals surface area contributed by atoms with Crippen molar-refractivity contribution in [3.05, 3.63) is 0 Å². The van der Waals surface area contributed by atoms with E-state index in [2.05, 4.69) is 16.0 Å². The van der Waals surface area contributed by atoms with Crippen LogP contribution >= 0.6 is 0 Å². The molecule has 34 nitrogen and oxygen atoms in total. The van der Waals surface area contributed by atoms with Crippen LogP contribution in [0.2, 0.25) is 0 Å².